The fourth-order valence-corrected chi connectivity index (χ4v) is 2.10. The number of hydrogen-bond acceptors (Lipinski definition) is 3. The first-order valence-electron chi connectivity index (χ1n) is 5.12. The van der Waals surface area contributed by atoms with Gasteiger partial charge in [0.05, 0.1) is 12.5 Å². The standard InChI is InChI=1S/C11H13ClN2O2/c12-9-3-1-7(2-4-9)11-8(5-10(15)16)6-13-14-11/h1-4,8,11,13-14H,5-6H2,(H,15,16). The molecule has 86 valence electrons. The molecule has 2 unspecified atom stereocenters. The van der Waals surface area contributed by atoms with E-state index in [-0.39, 0.29) is 18.4 Å². The monoisotopic (exact) mass is 240 g/mol. The van der Waals surface area contributed by atoms with E-state index in [2.05, 4.69) is 10.9 Å². The first-order chi connectivity index (χ1) is 7.66. The van der Waals surface area contributed by atoms with Crippen molar-refractivity contribution in [2.75, 3.05) is 6.54 Å². The Morgan fingerprint density at radius 3 is 2.75 bits per heavy atom. The van der Waals surface area contributed by atoms with E-state index in [9.17, 15) is 4.79 Å². The minimum absolute atomic E-state index is 0.0355. The predicted molar refractivity (Wildman–Crippen MR) is 61.1 cm³/mol. The van der Waals surface area contributed by atoms with Gasteiger partial charge in [0.2, 0.25) is 0 Å². The van der Waals surface area contributed by atoms with E-state index in [1.165, 1.54) is 0 Å². The number of carboxylic acids is 1. The second kappa shape index (κ2) is 4.82. The summed E-state index contributed by atoms with van der Waals surface area (Å²) in [6, 6.07) is 7.50. The molecular formula is C11H13ClN2O2. The summed E-state index contributed by atoms with van der Waals surface area (Å²) in [4.78, 5) is 10.7. The molecule has 5 heteroatoms. The Morgan fingerprint density at radius 1 is 1.44 bits per heavy atom. The molecule has 1 aliphatic rings. The van der Waals surface area contributed by atoms with Gasteiger partial charge in [-0.05, 0) is 17.7 Å². The molecule has 1 aliphatic heterocycles. The van der Waals surface area contributed by atoms with Gasteiger partial charge in [0.1, 0.15) is 0 Å². The predicted octanol–water partition coefficient (Wildman–Crippen LogP) is 1.58. The molecule has 1 saturated heterocycles. The van der Waals surface area contributed by atoms with Crippen molar-refractivity contribution in [2.24, 2.45) is 5.92 Å². The van der Waals surface area contributed by atoms with Crippen LogP contribution in [0.15, 0.2) is 24.3 Å². The quantitative estimate of drug-likeness (QED) is 0.751. The topological polar surface area (TPSA) is 61.4 Å². The van der Waals surface area contributed by atoms with E-state index in [0.29, 0.717) is 11.6 Å². The lowest BCUT2D eigenvalue weighted by Gasteiger charge is -2.17. The molecule has 2 rings (SSSR count). The Labute approximate surface area is 98.6 Å². The smallest absolute Gasteiger partial charge is 0.303 e. The van der Waals surface area contributed by atoms with Crippen molar-refractivity contribution >= 4 is 17.6 Å². The van der Waals surface area contributed by atoms with E-state index in [1.54, 1.807) is 0 Å². The minimum atomic E-state index is -0.769. The molecule has 3 N–H and O–H groups in total. The number of carbonyl (C=O) groups is 1. The van der Waals surface area contributed by atoms with Crippen molar-refractivity contribution < 1.29 is 9.90 Å². The van der Waals surface area contributed by atoms with Gasteiger partial charge in [0, 0.05) is 17.5 Å². The highest BCUT2D eigenvalue weighted by Crippen LogP contribution is 2.27. The van der Waals surface area contributed by atoms with Crippen LogP contribution in [0.25, 0.3) is 0 Å². The second-order valence-electron chi connectivity index (χ2n) is 3.91. The Hall–Kier alpha value is -1.10. The maximum atomic E-state index is 10.7. The molecule has 1 aromatic carbocycles. The lowest BCUT2D eigenvalue weighted by molar-refractivity contribution is -0.138. The van der Waals surface area contributed by atoms with Gasteiger partial charge in [0.25, 0.3) is 0 Å². The number of hydrogen-bond donors (Lipinski definition) is 3. The van der Waals surface area contributed by atoms with Crippen molar-refractivity contribution in [1.82, 2.24) is 10.9 Å². The van der Waals surface area contributed by atoms with E-state index in [4.69, 9.17) is 16.7 Å². The zero-order valence-electron chi connectivity index (χ0n) is 8.61. The van der Waals surface area contributed by atoms with Gasteiger partial charge in [-0.3, -0.25) is 10.2 Å². The summed E-state index contributed by atoms with van der Waals surface area (Å²) < 4.78 is 0. The Kier molecular flexibility index (Phi) is 3.43. The van der Waals surface area contributed by atoms with Crippen LogP contribution in [0.4, 0.5) is 0 Å². The van der Waals surface area contributed by atoms with Gasteiger partial charge < -0.3 is 5.11 Å². The molecule has 0 radical (unpaired) electrons. The maximum Gasteiger partial charge on any atom is 0.303 e. The van der Waals surface area contributed by atoms with Crippen LogP contribution in [-0.2, 0) is 4.79 Å². The van der Waals surface area contributed by atoms with E-state index >= 15 is 0 Å². The number of rotatable bonds is 3. The number of hydrazine groups is 1. The third kappa shape index (κ3) is 2.52. The summed E-state index contributed by atoms with van der Waals surface area (Å²) in [6.07, 6.45) is 0.160. The van der Waals surface area contributed by atoms with Crippen molar-refractivity contribution in [2.45, 2.75) is 12.5 Å². The van der Waals surface area contributed by atoms with Gasteiger partial charge >= 0.3 is 5.97 Å². The number of carboxylic acid groups (broad SMARTS) is 1. The van der Waals surface area contributed by atoms with Gasteiger partial charge in [-0.15, -0.1) is 0 Å². The SMILES string of the molecule is O=C(O)CC1CNNC1c1ccc(Cl)cc1. The molecule has 1 heterocycles. The maximum absolute atomic E-state index is 10.7. The summed E-state index contributed by atoms with van der Waals surface area (Å²) in [5, 5.41) is 9.49. The Bertz CT molecular complexity index is 380. The van der Waals surface area contributed by atoms with Crippen LogP contribution < -0.4 is 10.9 Å². The van der Waals surface area contributed by atoms with Gasteiger partial charge in [-0.1, -0.05) is 23.7 Å². The molecule has 1 fully saturated rings. The molecule has 16 heavy (non-hydrogen) atoms. The van der Waals surface area contributed by atoms with Crippen molar-refractivity contribution in [3.05, 3.63) is 34.9 Å². The Morgan fingerprint density at radius 2 is 2.12 bits per heavy atom. The molecule has 4 nitrogen and oxygen atoms in total. The third-order valence-electron chi connectivity index (χ3n) is 2.76. The summed E-state index contributed by atoms with van der Waals surface area (Å²) >= 11 is 5.81. The first-order valence-corrected chi connectivity index (χ1v) is 5.50. The van der Waals surface area contributed by atoms with Crippen molar-refractivity contribution in [3.8, 4) is 0 Å². The van der Waals surface area contributed by atoms with Crippen LogP contribution in [0.1, 0.15) is 18.0 Å². The van der Waals surface area contributed by atoms with E-state index in [1.807, 2.05) is 24.3 Å². The molecule has 0 aliphatic carbocycles. The van der Waals surface area contributed by atoms with Gasteiger partial charge in [-0.25, -0.2) is 5.43 Å². The number of aliphatic carboxylic acids is 1. The third-order valence-corrected chi connectivity index (χ3v) is 3.01. The zero-order chi connectivity index (χ0) is 11.5. The first kappa shape index (κ1) is 11.4. The largest absolute Gasteiger partial charge is 0.481 e. The normalized spacial score (nSPS) is 24.6. The molecular weight excluding hydrogens is 228 g/mol. The number of benzene rings is 1. The average Bonchev–Trinajstić information content (AvgIpc) is 2.66. The second-order valence-corrected chi connectivity index (χ2v) is 4.35. The van der Waals surface area contributed by atoms with Gasteiger partial charge in [0.15, 0.2) is 0 Å². The lowest BCUT2D eigenvalue weighted by atomic mass is 9.92. The zero-order valence-corrected chi connectivity index (χ0v) is 9.37. The van der Waals surface area contributed by atoms with Crippen molar-refractivity contribution in [3.63, 3.8) is 0 Å². The van der Waals surface area contributed by atoms with Gasteiger partial charge in [-0.2, -0.15) is 0 Å². The fourth-order valence-electron chi connectivity index (χ4n) is 1.98. The minimum Gasteiger partial charge on any atom is -0.481 e. The summed E-state index contributed by atoms with van der Waals surface area (Å²) in [5.41, 5.74) is 7.14. The molecule has 0 spiro atoms. The molecule has 2 atom stereocenters. The van der Waals surface area contributed by atoms with Crippen LogP contribution >= 0.6 is 11.6 Å². The highest BCUT2D eigenvalue weighted by atomic mass is 35.5. The van der Waals surface area contributed by atoms with E-state index in [0.717, 1.165) is 5.56 Å². The summed E-state index contributed by atoms with van der Waals surface area (Å²) in [7, 11) is 0. The van der Waals surface area contributed by atoms with Crippen LogP contribution in [-0.4, -0.2) is 17.6 Å². The molecule has 0 bridgehead atoms. The number of halogens is 1. The number of nitrogens with one attached hydrogen (secondary N) is 2. The average molecular weight is 241 g/mol. The van der Waals surface area contributed by atoms with Crippen molar-refractivity contribution in [1.29, 1.82) is 0 Å². The lowest BCUT2D eigenvalue weighted by Crippen LogP contribution is -2.25. The van der Waals surface area contributed by atoms with Crippen LogP contribution in [0.2, 0.25) is 5.02 Å². The van der Waals surface area contributed by atoms with Crippen LogP contribution in [0.5, 0.6) is 0 Å². The van der Waals surface area contributed by atoms with Crippen LogP contribution in [0, 0.1) is 5.92 Å². The molecule has 0 saturated carbocycles. The van der Waals surface area contributed by atoms with E-state index < -0.39 is 5.97 Å². The fraction of sp³-hybridized carbons (Fsp3) is 0.364. The van der Waals surface area contributed by atoms with Crippen LogP contribution in [0.3, 0.4) is 0 Å². The highest BCUT2D eigenvalue weighted by Gasteiger charge is 2.29. The summed E-state index contributed by atoms with van der Waals surface area (Å²) in [5.74, 6) is -0.701. The molecule has 0 aromatic heterocycles. The Balaban J connectivity index is 2.13. The summed E-state index contributed by atoms with van der Waals surface area (Å²) in [6.45, 7) is 0.666. The highest BCUT2D eigenvalue weighted by molar-refractivity contribution is 6.30. The molecule has 0 amide bonds. The molecule has 1 aromatic rings.